The molecular weight excluding hydrogens is 278 g/mol. The van der Waals surface area contributed by atoms with Gasteiger partial charge in [-0.1, -0.05) is 6.92 Å². The van der Waals surface area contributed by atoms with Crippen molar-refractivity contribution in [2.45, 2.75) is 40.2 Å². The summed E-state index contributed by atoms with van der Waals surface area (Å²) in [6.45, 7) is 7.47. The predicted octanol–water partition coefficient (Wildman–Crippen LogP) is 1.98. The maximum absolute atomic E-state index is 12.7. The summed E-state index contributed by atoms with van der Waals surface area (Å²) in [7, 11) is 0. The number of nitrogens with zero attached hydrogens (tertiary/aromatic N) is 2. The number of hydrogen-bond acceptors (Lipinski definition) is 3. The molecule has 120 valence electrons. The van der Waals surface area contributed by atoms with Gasteiger partial charge in [0.25, 0.3) is 0 Å². The molecule has 22 heavy (non-hydrogen) atoms. The molecule has 1 fully saturated rings. The first-order valence-corrected chi connectivity index (χ1v) is 7.88. The highest BCUT2D eigenvalue weighted by molar-refractivity contribution is 6.04. The van der Waals surface area contributed by atoms with E-state index < -0.39 is 5.41 Å². The normalized spacial score (nSPS) is 18.9. The van der Waals surface area contributed by atoms with Gasteiger partial charge in [-0.15, -0.1) is 0 Å². The Hall–Kier alpha value is -1.91. The maximum atomic E-state index is 12.7. The van der Waals surface area contributed by atoms with Crippen LogP contribution in [0, 0.1) is 11.3 Å². The quantitative estimate of drug-likeness (QED) is 0.865. The molecule has 1 aliphatic heterocycles. The first kappa shape index (κ1) is 16.5. The molecule has 0 aliphatic carbocycles. The number of carbonyl (C=O) groups is 2. The molecular formula is C17H25N3O2. The molecule has 0 aromatic carbocycles. The van der Waals surface area contributed by atoms with Crippen molar-refractivity contribution >= 4 is 11.8 Å². The molecule has 1 atom stereocenters. The minimum atomic E-state index is -1.04. The van der Waals surface area contributed by atoms with Crippen LogP contribution in [0.15, 0.2) is 24.5 Å². The Labute approximate surface area is 132 Å². The minimum absolute atomic E-state index is 0.0775. The summed E-state index contributed by atoms with van der Waals surface area (Å²) < 4.78 is 0. The van der Waals surface area contributed by atoms with Gasteiger partial charge in [0, 0.05) is 32.0 Å². The first-order chi connectivity index (χ1) is 10.4. The summed E-state index contributed by atoms with van der Waals surface area (Å²) in [5, 5.41) is 2.86. The second kappa shape index (κ2) is 6.90. The fourth-order valence-corrected chi connectivity index (χ4v) is 2.77. The molecule has 2 heterocycles. The third-order valence-corrected chi connectivity index (χ3v) is 4.25. The second-order valence-electron chi connectivity index (χ2n) is 6.66. The lowest BCUT2D eigenvalue weighted by molar-refractivity contribution is -0.149. The van der Waals surface area contributed by atoms with Crippen LogP contribution in [0.4, 0.5) is 0 Å². The van der Waals surface area contributed by atoms with Crippen LogP contribution >= 0.6 is 0 Å². The number of rotatable bonds is 4. The summed E-state index contributed by atoms with van der Waals surface area (Å²) in [4.78, 5) is 30.9. The molecule has 5 nitrogen and oxygen atoms in total. The van der Waals surface area contributed by atoms with Crippen LogP contribution in [0.3, 0.4) is 0 Å². The van der Waals surface area contributed by atoms with E-state index in [4.69, 9.17) is 0 Å². The minimum Gasteiger partial charge on any atom is -0.351 e. The smallest absolute Gasteiger partial charge is 0.237 e. The van der Waals surface area contributed by atoms with Gasteiger partial charge in [-0.2, -0.15) is 0 Å². The number of piperidine rings is 1. The molecule has 1 aromatic rings. The Kier molecular flexibility index (Phi) is 5.16. The average Bonchev–Trinajstić information content (AvgIpc) is 2.52. The van der Waals surface area contributed by atoms with Gasteiger partial charge in [-0.3, -0.25) is 14.6 Å². The van der Waals surface area contributed by atoms with Crippen LogP contribution in [0.2, 0.25) is 0 Å². The largest absolute Gasteiger partial charge is 0.351 e. The summed E-state index contributed by atoms with van der Waals surface area (Å²) >= 11 is 0. The molecule has 2 rings (SSSR count). The fraction of sp³-hybridized carbons (Fsp3) is 0.588. The zero-order chi connectivity index (χ0) is 16.2. The topological polar surface area (TPSA) is 62.3 Å². The van der Waals surface area contributed by atoms with Gasteiger partial charge in [0.05, 0.1) is 0 Å². The number of hydrogen-bond donors (Lipinski definition) is 1. The van der Waals surface area contributed by atoms with Crippen molar-refractivity contribution in [1.29, 1.82) is 0 Å². The van der Waals surface area contributed by atoms with Crippen molar-refractivity contribution < 1.29 is 9.59 Å². The number of likely N-dealkylation sites (tertiary alicyclic amines) is 1. The highest BCUT2D eigenvalue weighted by atomic mass is 16.2. The molecule has 0 bridgehead atoms. The van der Waals surface area contributed by atoms with E-state index in [-0.39, 0.29) is 11.8 Å². The molecule has 1 unspecified atom stereocenters. The van der Waals surface area contributed by atoms with E-state index in [0.29, 0.717) is 12.5 Å². The van der Waals surface area contributed by atoms with E-state index >= 15 is 0 Å². The summed E-state index contributed by atoms with van der Waals surface area (Å²) in [5.41, 5.74) is -0.0671. The second-order valence-corrected chi connectivity index (χ2v) is 6.66. The zero-order valence-electron chi connectivity index (χ0n) is 13.6. The summed E-state index contributed by atoms with van der Waals surface area (Å²) in [6, 6.07) is 3.70. The van der Waals surface area contributed by atoms with Gasteiger partial charge in [0.2, 0.25) is 11.8 Å². The van der Waals surface area contributed by atoms with Crippen LogP contribution < -0.4 is 5.32 Å². The third kappa shape index (κ3) is 3.84. The third-order valence-electron chi connectivity index (χ3n) is 4.25. The molecule has 0 saturated carbocycles. The van der Waals surface area contributed by atoms with Crippen LogP contribution in [0.5, 0.6) is 0 Å². The standard InChI is InChI=1S/C17H25N3O2/c1-13-5-4-10-20(12-13)16(22)17(2,3)15(21)19-11-14-6-8-18-9-7-14/h6-9,13H,4-5,10-12H2,1-3H3,(H,19,21). The van der Waals surface area contributed by atoms with Crippen molar-refractivity contribution in [2.24, 2.45) is 11.3 Å². The monoisotopic (exact) mass is 303 g/mol. The van der Waals surface area contributed by atoms with E-state index in [2.05, 4.69) is 17.2 Å². The van der Waals surface area contributed by atoms with Gasteiger partial charge in [0.1, 0.15) is 5.41 Å². The summed E-state index contributed by atoms with van der Waals surface area (Å²) in [5.74, 6) is 0.201. The van der Waals surface area contributed by atoms with Gasteiger partial charge in [-0.25, -0.2) is 0 Å². The van der Waals surface area contributed by atoms with Crippen molar-refractivity contribution in [3.8, 4) is 0 Å². The highest BCUT2D eigenvalue weighted by Crippen LogP contribution is 2.24. The number of amides is 2. The highest BCUT2D eigenvalue weighted by Gasteiger charge is 2.39. The Balaban J connectivity index is 1.95. The van der Waals surface area contributed by atoms with E-state index in [1.54, 1.807) is 26.2 Å². The van der Waals surface area contributed by atoms with E-state index in [1.807, 2.05) is 17.0 Å². The van der Waals surface area contributed by atoms with Crippen LogP contribution in [0.1, 0.15) is 39.2 Å². The molecule has 5 heteroatoms. The zero-order valence-corrected chi connectivity index (χ0v) is 13.6. The van der Waals surface area contributed by atoms with Crippen molar-refractivity contribution in [3.63, 3.8) is 0 Å². The number of pyridine rings is 1. The van der Waals surface area contributed by atoms with Crippen LogP contribution in [-0.2, 0) is 16.1 Å². The Morgan fingerprint density at radius 2 is 2.05 bits per heavy atom. The molecule has 2 amide bonds. The lowest BCUT2D eigenvalue weighted by Crippen LogP contribution is -2.51. The molecule has 0 spiro atoms. The average molecular weight is 303 g/mol. The molecule has 1 aliphatic rings. The Bertz CT molecular complexity index is 528. The fourth-order valence-electron chi connectivity index (χ4n) is 2.77. The van der Waals surface area contributed by atoms with Crippen LogP contribution in [-0.4, -0.2) is 34.8 Å². The lowest BCUT2D eigenvalue weighted by Gasteiger charge is -2.36. The Morgan fingerprint density at radius 3 is 2.68 bits per heavy atom. The number of carbonyl (C=O) groups excluding carboxylic acids is 2. The van der Waals surface area contributed by atoms with Crippen molar-refractivity contribution in [2.75, 3.05) is 13.1 Å². The summed E-state index contributed by atoms with van der Waals surface area (Å²) in [6.07, 6.45) is 5.54. The number of aromatic nitrogens is 1. The van der Waals surface area contributed by atoms with Crippen molar-refractivity contribution in [3.05, 3.63) is 30.1 Å². The van der Waals surface area contributed by atoms with E-state index in [1.165, 1.54) is 0 Å². The van der Waals surface area contributed by atoms with Gasteiger partial charge in [0.15, 0.2) is 0 Å². The van der Waals surface area contributed by atoms with Gasteiger partial charge >= 0.3 is 0 Å². The van der Waals surface area contributed by atoms with E-state index in [0.717, 1.165) is 31.5 Å². The van der Waals surface area contributed by atoms with E-state index in [9.17, 15) is 9.59 Å². The SMILES string of the molecule is CC1CCCN(C(=O)C(C)(C)C(=O)NCc2ccncc2)C1. The van der Waals surface area contributed by atoms with Gasteiger partial charge in [-0.05, 0) is 50.3 Å². The van der Waals surface area contributed by atoms with Crippen LogP contribution in [0.25, 0.3) is 0 Å². The molecule has 1 N–H and O–H groups in total. The molecule has 1 saturated heterocycles. The Morgan fingerprint density at radius 1 is 1.36 bits per heavy atom. The predicted molar refractivity (Wildman–Crippen MR) is 84.8 cm³/mol. The number of nitrogens with one attached hydrogen (secondary N) is 1. The lowest BCUT2D eigenvalue weighted by atomic mass is 9.88. The molecule has 1 aromatic heterocycles. The van der Waals surface area contributed by atoms with Gasteiger partial charge < -0.3 is 10.2 Å². The molecule has 0 radical (unpaired) electrons. The van der Waals surface area contributed by atoms with Crippen molar-refractivity contribution in [1.82, 2.24) is 15.2 Å². The maximum Gasteiger partial charge on any atom is 0.237 e. The first-order valence-electron chi connectivity index (χ1n) is 7.88.